The van der Waals surface area contributed by atoms with E-state index in [4.69, 9.17) is 0 Å². The van der Waals surface area contributed by atoms with Gasteiger partial charge in [-0.05, 0) is 110 Å². The van der Waals surface area contributed by atoms with Crippen molar-refractivity contribution in [1.82, 2.24) is 35.4 Å². The molecule has 0 radical (unpaired) electrons. The number of likely N-dealkylation sites (tertiary alicyclic amines) is 2. The molecule has 67 heavy (non-hydrogen) atoms. The number of hydrogen-bond acceptors (Lipinski definition) is 11. The maximum absolute atomic E-state index is 14.3. The molecule has 3 fully saturated rings. The molecule has 16 heteroatoms. The number of nitrogens with one attached hydrogen (secondary N) is 3. The summed E-state index contributed by atoms with van der Waals surface area (Å²) in [5, 5.41) is 19.2. The van der Waals surface area contributed by atoms with E-state index in [0.29, 0.717) is 74.0 Å². The molecule has 350 valence electrons. The zero-order valence-electron chi connectivity index (χ0n) is 38.7. The van der Waals surface area contributed by atoms with Gasteiger partial charge in [0.25, 0.3) is 11.8 Å². The number of aryl methyl sites for hydroxylation is 1. The van der Waals surface area contributed by atoms with Crippen LogP contribution in [0.1, 0.15) is 110 Å². The Morgan fingerprint density at radius 2 is 1.69 bits per heavy atom. The Bertz CT molecular complexity index is 2620. The van der Waals surface area contributed by atoms with Crippen LogP contribution in [0.25, 0.3) is 10.4 Å². The summed E-state index contributed by atoms with van der Waals surface area (Å²) in [7, 11) is 0. The molecule has 6 heterocycles. The zero-order chi connectivity index (χ0) is 47.5. The minimum absolute atomic E-state index is 0.0659. The van der Waals surface area contributed by atoms with Gasteiger partial charge < -0.3 is 30.7 Å². The average Bonchev–Trinajstić information content (AvgIpc) is 4.08. The highest BCUT2D eigenvalue weighted by atomic mass is 32.1. The van der Waals surface area contributed by atoms with Crippen molar-refractivity contribution in [2.75, 3.05) is 42.9 Å². The average molecular weight is 929 g/mol. The number of thiazole rings is 1. The van der Waals surface area contributed by atoms with Gasteiger partial charge in [-0.1, -0.05) is 57.2 Å². The minimum atomic E-state index is -2.79. The van der Waals surface area contributed by atoms with Crippen molar-refractivity contribution in [3.63, 3.8) is 0 Å². The molecule has 0 bridgehead atoms. The molecule has 2 aromatic carbocycles. The maximum Gasteiger partial charge on any atom is 0.266 e. The van der Waals surface area contributed by atoms with Crippen LogP contribution in [-0.2, 0) is 16.1 Å². The molecule has 0 unspecified atom stereocenters. The highest BCUT2D eigenvalue weighted by Crippen LogP contribution is 2.36. The van der Waals surface area contributed by atoms with Crippen LogP contribution in [0, 0.1) is 23.7 Å². The molecule has 0 saturated carbocycles. The van der Waals surface area contributed by atoms with Crippen molar-refractivity contribution < 1.29 is 23.2 Å². The van der Waals surface area contributed by atoms with E-state index in [9.17, 15) is 28.4 Å². The highest BCUT2D eigenvalue weighted by molar-refractivity contribution is 7.13. The van der Waals surface area contributed by atoms with E-state index >= 15 is 0 Å². The third-order valence-electron chi connectivity index (χ3n) is 13.2. The smallest absolute Gasteiger partial charge is 0.266 e. The van der Waals surface area contributed by atoms with Crippen molar-refractivity contribution in [3.8, 4) is 16.5 Å². The number of carbonyl (C=O) groups excluding carboxylic acids is 3. The highest BCUT2D eigenvalue weighted by Gasteiger charge is 2.42. The van der Waals surface area contributed by atoms with Gasteiger partial charge in [-0.15, -0.1) is 11.3 Å². The van der Waals surface area contributed by atoms with Crippen LogP contribution in [0.5, 0.6) is 0 Å². The number of rotatable bonds is 13. The number of nitriles is 1. The standard InChI is InChI=1S/C51H58F2N10O3S/c1-32(36-12-14-38(15-13-36)45-33(2)57-31-67-45)58-47(64)41-7-6-21-63(41)49(66)46(50(3,4)5)56-29-34-8-10-39(11-9-34)48(65)61-22-17-37(18-23-61)40-26-43(59-42-25-35(28-54)16-20-55-42)60-44(27-40)62-24-19-51(52,53)30-62/h8-16,20,25-27,31-32,37,41,46,56H,6-7,17-19,21-24,29-30H2,1-5H3,(H,58,64)(H,55,59,60)/t32-,41-,46+/m0/s1. The van der Waals surface area contributed by atoms with Gasteiger partial charge in [-0.2, -0.15) is 5.26 Å². The summed E-state index contributed by atoms with van der Waals surface area (Å²) in [6.07, 6.45) is 3.99. The first-order valence-corrected chi connectivity index (χ1v) is 23.9. The summed E-state index contributed by atoms with van der Waals surface area (Å²) >= 11 is 1.60. The van der Waals surface area contributed by atoms with Crippen LogP contribution in [-0.4, -0.2) is 93.2 Å². The van der Waals surface area contributed by atoms with Gasteiger partial charge >= 0.3 is 0 Å². The fourth-order valence-electron chi connectivity index (χ4n) is 9.34. The predicted octanol–water partition coefficient (Wildman–Crippen LogP) is 8.76. The van der Waals surface area contributed by atoms with E-state index in [1.165, 1.54) is 6.20 Å². The molecule has 3 N–H and O–H groups in total. The summed E-state index contributed by atoms with van der Waals surface area (Å²) in [4.78, 5) is 61.5. The van der Waals surface area contributed by atoms with E-state index < -0.39 is 30.0 Å². The Kier molecular flexibility index (Phi) is 14.0. The van der Waals surface area contributed by atoms with Crippen LogP contribution in [0.2, 0.25) is 0 Å². The molecule has 5 aromatic rings. The molecule has 3 atom stereocenters. The number of benzene rings is 2. The number of alkyl halides is 2. The van der Waals surface area contributed by atoms with Crippen LogP contribution in [0.4, 0.5) is 26.2 Å². The molecule has 3 saturated heterocycles. The van der Waals surface area contributed by atoms with Crippen molar-refractivity contribution in [2.45, 2.75) is 103 Å². The summed E-state index contributed by atoms with van der Waals surface area (Å²) < 4.78 is 28.6. The number of piperidine rings is 1. The summed E-state index contributed by atoms with van der Waals surface area (Å²) in [6, 6.07) is 23.4. The number of halogens is 2. The first-order chi connectivity index (χ1) is 32.0. The predicted molar refractivity (Wildman–Crippen MR) is 256 cm³/mol. The lowest BCUT2D eigenvalue weighted by Crippen LogP contribution is -2.56. The van der Waals surface area contributed by atoms with Crippen LogP contribution >= 0.6 is 11.3 Å². The number of nitrogens with zero attached hydrogens (tertiary/aromatic N) is 7. The summed E-state index contributed by atoms with van der Waals surface area (Å²) in [6.45, 7) is 11.7. The molecule has 13 nitrogen and oxygen atoms in total. The minimum Gasteiger partial charge on any atom is -0.350 e. The van der Waals surface area contributed by atoms with Gasteiger partial charge in [-0.25, -0.2) is 23.7 Å². The SMILES string of the molecule is Cc1ncsc1-c1ccc([C@H](C)NC(=O)[C@@H]2CCCN2C(=O)[C@@H](NCc2ccc(C(=O)N3CCC(c4cc(Nc5cc(C#N)ccn5)nc(N5CCC(F)(F)C5)c4)CC3)cc2)C(C)(C)C)cc1. The largest absolute Gasteiger partial charge is 0.350 e. The van der Waals surface area contributed by atoms with E-state index in [-0.39, 0.29) is 42.6 Å². The zero-order valence-corrected chi connectivity index (χ0v) is 39.5. The number of aromatic nitrogens is 3. The van der Waals surface area contributed by atoms with E-state index in [2.05, 4.69) is 49.1 Å². The van der Waals surface area contributed by atoms with Gasteiger partial charge in [0, 0.05) is 50.9 Å². The number of hydrogen-bond donors (Lipinski definition) is 3. The topological polar surface area (TPSA) is 159 Å². The molecule has 3 aromatic heterocycles. The number of amides is 3. The molecular formula is C51H58F2N10O3S. The molecule has 3 aliphatic heterocycles. The first kappa shape index (κ1) is 47.2. The third-order valence-corrected chi connectivity index (χ3v) is 14.1. The molecule has 3 aliphatic rings. The van der Waals surface area contributed by atoms with E-state index in [1.807, 2.05) is 93.6 Å². The molecular weight excluding hydrogens is 871 g/mol. The van der Waals surface area contributed by atoms with Crippen LogP contribution in [0.3, 0.4) is 0 Å². The summed E-state index contributed by atoms with van der Waals surface area (Å²) in [5.41, 5.74) is 7.31. The van der Waals surface area contributed by atoms with Gasteiger partial charge in [0.2, 0.25) is 11.8 Å². The van der Waals surface area contributed by atoms with Crippen LogP contribution in [0.15, 0.2) is 84.5 Å². The van der Waals surface area contributed by atoms with Gasteiger partial charge in [-0.3, -0.25) is 14.4 Å². The van der Waals surface area contributed by atoms with Gasteiger partial charge in [0.1, 0.15) is 23.5 Å². The Labute approximate surface area is 395 Å². The lowest BCUT2D eigenvalue weighted by molar-refractivity contribution is -0.142. The second-order valence-corrected chi connectivity index (χ2v) is 19.9. The maximum atomic E-state index is 14.3. The quantitative estimate of drug-likeness (QED) is 0.104. The fraction of sp³-hybridized carbons (Fsp3) is 0.431. The normalized spacial score (nSPS) is 18.4. The van der Waals surface area contributed by atoms with Crippen LogP contribution < -0.4 is 20.9 Å². The molecule has 0 spiro atoms. The monoisotopic (exact) mass is 928 g/mol. The molecule has 3 amide bonds. The van der Waals surface area contributed by atoms with Gasteiger partial charge in [0.05, 0.1) is 46.3 Å². The Morgan fingerprint density at radius 3 is 2.34 bits per heavy atom. The number of anilines is 3. The number of carbonyl (C=O) groups is 3. The Balaban J connectivity index is 0.862. The van der Waals surface area contributed by atoms with Crippen molar-refractivity contribution in [3.05, 3.63) is 118 Å². The second kappa shape index (κ2) is 19.9. The van der Waals surface area contributed by atoms with Crippen molar-refractivity contribution >= 4 is 46.5 Å². The van der Waals surface area contributed by atoms with Crippen molar-refractivity contribution in [1.29, 1.82) is 5.26 Å². The first-order valence-electron chi connectivity index (χ1n) is 23.1. The second-order valence-electron chi connectivity index (χ2n) is 19.1. The van der Waals surface area contributed by atoms with E-state index in [1.54, 1.807) is 33.3 Å². The lowest BCUT2D eigenvalue weighted by Gasteiger charge is -2.36. The Hall–Kier alpha value is -6.31. The lowest BCUT2D eigenvalue weighted by atomic mass is 9.85. The number of pyridine rings is 2. The molecule has 8 rings (SSSR count). The van der Waals surface area contributed by atoms with E-state index in [0.717, 1.165) is 39.2 Å². The third kappa shape index (κ3) is 11.1. The summed E-state index contributed by atoms with van der Waals surface area (Å²) in [5.74, 6) is -1.73. The fourth-order valence-corrected chi connectivity index (χ4v) is 10.2. The molecule has 0 aliphatic carbocycles. The van der Waals surface area contributed by atoms with Crippen molar-refractivity contribution in [2.24, 2.45) is 5.41 Å². The van der Waals surface area contributed by atoms with Gasteiger partial charge in [0.15, 0.2) is 0 Å². The Morgan fingerprint density at radius 1 is 0.940 bits per heavy atom.